The van der Waals surface area contributed by atoms with Crippen LogP contribution in [0.4, 0.5) is 0 Å². The number of allylic oxidation sites excluding steroid dienone is 1. The van der Waals surface area contributed by atoms with Crippen molar-refractivity contribution < 1.29 is 32.3 Å². The Bertz CT molecular complexity index is 1880. The van der Waals surface area contributed by atoms with E-state index in [4.69, 9.17) is 14.5 Å². The van der Waals surface area contributed by atoms with Gasteiger partial charge in [-0.2, -0.15) is 10.1 Å². The van der Waals surface area contributed by atoms with Gasteiger partial charge in [0.15, 0.2) is 5.82 Å². The van der Waals surface area contributed by atoms with Crippen LogP contribution in [0.25, 0.3) is 16.6 Å². The van der Waals surface area contributed by atoms with Crippen LogP contribution in [0, 0.1) is 17.8 Å². The molecule has 0 radical (unpaired) electrons. The van der Waals surface area contributed by atoms with Crippen molar-refractivity contribution in [3.8, 4) is 17.4 Å². The maximum Gasteiger partial charge on any atom is 0.259 e. The number of sulfonamides is 1. The van der Waals surface area contributed by atoms with Crippen molar-refractivity contribution in [2.75, 3.05) is 20.7 Å². The third-order valence-corrected chi connectivity index (χ3v) is 11.8. The van der Waals surface area contributed by atoms with Crippen LogP contribution in [0.3, 0.4) is 0 Å². The van der Waals surface area contributed by atoms with E-state index in [1.807, 2.05) is 36.4 Å². The molecule has 254 valence electrons. The average Bonchev–Trinajstić information content (AvgIpc) is 3.93. The monoisotopic (exact) mass is 676 g/mol. The summed E-state index contributed by atoms with van der Waals surface area (Å²) >= 11 is 0. The molecule has 3 heterocycles. The van der Waals surface area contributed by atoms with Gasteiger partial charge < -0.3 is 19.7 Å². The summed E-state index contributed by atoms with van der Waals surface area (Å²) in [7, 11) is -0.480. The van der Waals surface area contributed by atoms with Crippen molar-refractivity contribution in [1.82, 2.24) is 29.7 Å². The number of fused-ring (bicyclic) bond motifs is 3. The molecule has 0 saturated heterocycles. The summed E-state index contributed by atoms with van der Waals surface area (Å²) in [6, 6.07) is 9.23. The molecule has 4 aliphatic rings. The molecule has 3 amide bonds. The zero-order valence-corrected chi connectivity index (χ0v) is 27.8. The molecule has 2 aromatic heterocycles. The Kier molecular flexibility index (Phi) is 8.38. The highest BCUT2D eigenvalue weighted by molar-refractivity contribution is 7.91. The molecule has 48 heavy (non-hydrogen) atoms. The zero-order valence-electron chi connectivity index (χ0n) is 27.0. The molecule has 0 spiro atoms. The predicted molar refractivity (Wildman–Crippen MR) is 176 cm³/mol. The Morgan fingerprint density at radius 1 is 1.12 bits per heavy atom. The van der Waals surface area contributed by atoms with Crippen molar-refractivity contribution in [1.29, 1.82) is 0 Å². The quantitative estimate of drug-likeness (QED) is 0.359. The number of ether oxygens (including phenoxy) is 2. The maximum atomic E-state index is 14.1. The SMILES string of the molecule is COc1ccc2c(OC3CC4C(=O)NC5(C(=O)NS(=O)(=O)C6CC6)CC5C=CCCCCN(C)C(=O)C4C3)nc(-n3cccn3)cc2c1. The van der Waals surface area contributed by atoms with Crippen molar-refractivity contribution in [2.24, 2.45) is 17.8 Å². The molecular formula is C34H40N6O7S. The van der Waals surface area contributed by atoms with Gasteiger partial charge in [-0.25, -0.2) is 13.1 Å². The second kappa shape index (κ2) is 12.5. The van der Waals surface area contributed by atoms with Crippen molar-refractivity contribution in [2.45, 2.75) is 68.3 Å². The second-order valence-corrected chi connectivity index (χ2v) is 15.3. The lowest BCUT2D eigenvalue weighted by molar-refractivity contribution is -0.140. The van der Waals surface area contributed by atoms with Crippen LogP contribution in [0.2, 0.25) is 0 Å². The van der Waals surface area contributed by atoms with E-state index in [-0.39, 0.29) is 31.1 Å². The Morgan fingerprint density at radius 3 is 2.69 bits per heavy atom. The number of nitrogens with zero attached hydrogens (tertiary/aromatic N) is 4. The number of aromatic nitrogens is 3. The lowest BCUT2D eigenvalue weighted by atomic mass is 9.93. The lowest BCUT2D eigenvalue weighted by Gasteiger charge is -2.26. The average molecular weight is 677 g/mol. The molecule has 3 saturated carbocycles. The highest BCUT2D eigenvalue weighted by atomic mass is 32.2. The van der Waals surface area contributed by atoms with E-state index in [0.29, 0.717) is 36.8 Å². The third kappa shape index (κ3) is 6.25. The molecule has 0 bridgehead atoms. The number of hydrogen-bond acceptors (Lipinski definition) is 9. The largest absolute Gasteiger partial charge is 0.497 e. The molecule has 5 unspecified atom stereocenters. The summed E-state index contributed by atoms with van der Waals surface area (Å²) in [6.07, 6.45) is 10.9. The van der Waals surface area contributed by atoms with Crippen LogP contribution in [0.5, 0.6) is 11.6 Å². The summed E-state index contributed by atoms with van der Waals surface area (Å²) in [5, 5.41) is 8.22. The van der Waals surface area contributed by atoms with E-state index in [2.05, 4.69) is 15.1 Å². The first-order valence-corrected chi connectivity index (χ1v) is 18.1. The molecule has 3 fully saturated rings. The summed E-state index contributed by atoms with van der Waals surface area (Å²) in [5.74, 6) is -1.67. The van der Waals surface area contributed by atoms with Gasteiger partial charge in [0.2, 0.25) is 27.7 Å². The Morgan fingerprint density at radius 2 is 1.94 bits per heavy atom. The smallest absolute Gasteiger partial charge is 0.259 e. The van der Waals surface area contributed by atoms with E-state index in [9.17, 15) is 22.8 Å². The molecule has 13 nitrogen and oxygen atoms in total. The minimum absolute atomic E-state index is 0.163. The fourth-order valence-electron chi connectivity index (χ4n) is 6.98. The van der Waals surface area contributed by atoms with Gasteiger partial charge in [-0.3, -0.25) is 19.1 Å². The van der Waals surface area contributed by atoms with Gasteiger partial charge in [0, 0.05) is 37.3 Å². The molecule has 3 aromatic rings. The maximum absolute atomic E-state index is 14.1. The number of benzene rings is 1. The van der Waals surface area contributed by atoms with Gasteiger partial charge in [-0.1, -0.05) is 12.2 Å². The first-order valence-electron chi connectivity index (χ1n) is 16.5. The molecule has 2 N–H and O–H groups in total. The van der Waals surface area contributed by atoms with Gasteiger partial charge in [0.25, 0.3) is 5.91 Å². The Hall–Kier alpha value is -4.46. The standard InChI is InChI=1S/C34H40N6O7S/c1-39-14-6-4-3-5-8-22-20-34(22,33(43)38-48(44,45)25-10-11-25)37-30(41)27-18-24(19-28(27)32(39)42)47-31-26-12-9-23(46-2)16-21(26)17-29(36-31)40-15-7-13-35-40/h5,7-9,12-13,15-17,22,24-25,27-28H,3-4,6,10-11,14,18-20H2,1-2H3,(H,37,41)(H,38,43). The van der Waals surface area contributed by atoms with Crippen LogP contribution in [0.1, 0.15) is 51.4 Å². The summed E-state index contributed by atoms with van der Waals surface area (Å²) in [4.78, 5) is 48.0. The third-order valence-electron chi connectivity index (χ3n) is 10.0. The van der Waals surface area contributed by atoms with Crippen molar-refractivity contribution >= 4 is 38.5 Å². The topological polar surface area (TPSA) is 162 Å². The van der Waals surface area contributed by atoms with E-state index in [0.717, 1.165) is 30.0 Å². The van der Waals surface area contributed by atoms with Crippen LogP contribution >= 0.6 is 0 Å². The van der Waals surface area contributed by atoms with E-state index in [1.165, 1.54) is 0 Å². The number of pyridine rings is 1. The summed E-state index contributed by atoms with van der Waals surface area (Å²) in [5.41, 5.74) is -1.40. The van der Waals surface area contributed by atoms with E-state index in [1.54, 1.807) is 42.2 Å². The van der Waals surface area contributed by atoms with Crippen molar-refractivity contribution in [3.05, 3.63) is 54.9 Å². The van der Waals surface area contributed by atoms with Crippen molar-refractivity contribution in [3.63, 3.8) is 0 Å². The Labute approximate surface area is 279 Å². The second-order valence-electron chi connectivity index (χ2n) is 13.4. The summed E-state index contributed by atoms with van der Waals surface area (Å²) < 4.78 is 41.3. The molecule has 7 rings (SSSR count). The number of nitrogens with one attached hydrogen (secondary N) is 2. The highest BCUT2D eigenvalue weighted by Crippen LogP contribution is 2.47. The predicted octanol–water partition coefficient (Wildman–Crippen LogP) is 2.88. The van der Waals surface area contributed by atoms with Crippen LogP contribution < -0.4 is 19.5 Å². The van der Waals surface area contributed by atoms with Gasteiger partial charge in [-0.15, -0.1) is 0 Å². The first kappa shape index (κ1) is 32.1. The van der Waals surface area contributed by atoms with Gasteiger partial charge in [-0.05, 0) is 87.1 Å². The molecule has 1 aliphatic heterocycles. The fourth-order valence-corrected chi connectivity index (χ4v) is 8.34. The highest BCUT2D eigenvalue weighted by Gasteiger charge is 2.62. The molecule has 14 heteroatoms. The van der Waals surface area contributed by atoms with Gasteiger partial charge >= 0.3 is 0 Å². The van der Waals surface area contributed by atoms with Crippen LogP contribution in [-0.4, -0.2) is 83.4 Å². The van der Waals surface area contributed by atoms with Crippen LogP contribution in [-0.2, 0) is 24.4 Å². The molecule has 5 atom stereocenters. The number of carbonyl (C=O) groups excluding carboxylic acids is 3. The number of hydrogen-bond donors (Lipinski definition) is 2. The lowest BCUT2D eigenvalue weighted by Crippen LogP contribution is -2.54. The minimum Gasteiger partial charge on any atom is -0.497 e. The number of methoxy groups -OCH3 is 1. The molecule has 3 aliphatic carbocycles. The normalized spacial score (nSPS) is 27.8. The fraction of sp³-hybridized carbons (Fsp3) is 0.500. The van der Waals surface area contributed by atoms with Crippen LogP contribution in [0.15, 0.2) is 54.9 Å². The van der Waals surface area contributed by atoms with Gasteiger partial charge in [0.1, 0.15) is 17.4 Å². The first-order chi connectivity index (χ1) is 23.1. The zero-order chi connectivity index (χ0) is 33.6. The minimum atomic E-state index is -3.82. The van der Waals surface area contributed by atoms with E-state index >= 15 is 0 Å². The number of amides is 3. The number of rotatable bonds is 7. The molecule has 1 aromatic carbocycles. The number of carbonyl (C=O) groups is 3. The molecular weight excluding hydrogens is 636 g/mol. The Balaban J connectivity index is 1.19. The van der Waals surface area contributed by atoms with Gasteiger partial charge in [0.05, 0.1) is 24.2 Å². The van der Waals surface area contributed by atoms with E-state index < -0.39 is 50.6 Å². The summed E-state index contributed by atoms with van der Waals surface area (Å²) in [6.45, 7) is 0.553.